The number of hydrazine groups is 1. The van der Waals surface area contributed by atoms with Gasteiger partial charge in [-0.15, -0.1) is 5.10 Å². The molecule has 98 valence electrons. The number of nitrogens with one attached hydrogen (secondary N) is 1. The van der Waals surface area contributed by atoms with Gasteiger partial charge in [-0.3, -0.25) is 5.84 Å². The summed E-state index contributed by atoms with van der Waals surface area (Å²) in [6, 6.07) is 5.64. The van der Waals surface area contributed by atoms with Crippen molar-refractivity contribution < 1.29 is 0 Å². The molecule has 0 saturated carbocycles. The number of nitrogens with two attached hydrogens (primary N) is 1. The Kier molecular flexibility index (Phi) is 3.05. The Morgan fingerprint density at radius 1 is 1.42 bits per heavy atom. The molecule has 0 aromatic carbocycles. The molecule has 8 heteroatoms. The van der Waals surface area contributed by atoms with E-state index in [2.05, 4.69) is 36.8 Å². The summed E-state index contributed by atoms with van der Waals surface area (Å²) >= 11 is 3.39. The van der Waals surface area contributed by atoms with Crippen LogP contribution in [0.15, 0.2) is 35.2 Å². The highest BCUT2D eigenvalue weighted by molar-refractivity contribution is 9.10. The number of fused-ring (bicyclic) bond motifs is 1. The van der Waals surface area contributed by atoms with Crippen molar-refractivity contribution in [3.63, 3.8) is 0 Å². The number of pyridine rings is 1. The highest BCUT2D eigenvalue weighted by Crippen LogP contribution is 2.28. The predicted octanol–water partition coefficient (Wildman–Crippen LogP) is 0.778. The minimum absolute atomic E-state index is 0.241. The number of hydrogen-bond acceptors (Lipinski definition) is 5. The van der Waals surface area contributed by atoms with Gasteiger partial charge in [0.05, 0.1) is 23.4 Å². The van der Waals surface area contributed by atoms with E-state index in [-0.39, 0.29) is 6.04 Å². The lowest BCUT2D eigenvalue weighted by atomic mass is 10.1. The third-order valence-corrected chi connectivity index (χ3v) is 3.60. The van der Waals surface area contributed by atoms with Gasteiger partial charge in [-0.25, -0.2) is 14.6 Å². The first-order valence-electron chi connectivity index (χ1n) is 5.66. The van der Waals surface area contributed by atoms with Crippen LogP contribution in [0, 0.1) is 0 Å². The van der Waals surface area contributed by atoms with Gasteiger partial charge in [0.1, 0.15) is 0 Å². The molecular formula is C11H12BrN7. The molecule has 3 heterocycles. The van der Waals surface area contributed by atoms with Crippen molar-refractivity contribution in [3.05, 3.63) is 46.5 Å². The van der Waals surface area contributed by atoms with Gasteiger partial charge in [0, 0.05) is 18.8 Å². The Balaban J connectivity index is 2.18. The molecule has 3 rings (SSSR count). The van der Waals surface area contributed by atoms with Crippen molar-refractivity contribution in [2.24, 2.45) is 12.9 Å². The third kappa shape index (κ3) is 1.93. The van der Waals surface area contributed by atoms with Crippen LogP contribution in [0.5, 0.6) is 0 Å². The second-order valence-corrected chi connectivity index (χ2v) is 4.87. The normalized spacial score (nSPS) is 13.0. The first kappa shape index (κ1) is 12.3. The quantitative estimate of drug-likeness (QED) is 0.550. The van der Waals surface area contributed by atoms with E-state index in [4.69, 9.17) is 5.84 Å². The maximum atomic E-state index is 5.71. The van der Waals surface area contributed by atoms with Crippen LogP contribution < -0.4 is 11.3 Å². The lowest BCUT2D eigenvalue weighted by Crippen LogP contribution is -2.30. The first-order valence-corrected chi connectivity index (χ1v) is 6.45. The Hall–Kier alpha value is -1.77. The van der Waals surface area contributed by atoms with Gasteiger partial charge in [-0.2, -0.15) is 5.10 Å². The van der Waals surface area contributed by atoms with Crippen LogP contribution in [0.25, 0.3) is 5.52 Å². The summed E-state index contributed by atoms with van der Waals surface area (Å²) in [6.45, 7) is 0. The van der Waals surface area contributed by atoms with Crippen molar-refractivity contribution in [1.82, 2.24) is 30.0 Å². The first-order chi connectivity index (χ1) is 9.22. The topological polar surface area (TPSA) is 86.1 Å². The lowest BCUT2D eigenvalue weighted by Gasteiger charge is -2.15. The van der Waals surface area contributed by atoms with Crippen molar-refractivity contribution in [2.75, 3.05) is 0 Å². The second-order valence-electron chi connectivity index (χ2n) is 4.12. The number of aryl methyl sites for hydroxylation is 1. The average molecular weight is 322 g/mol. The number of hydrogen-bond donors (Lipinski definition) is 2. The SMILES string of the molecule is Cn1nnc(Br)c1C(NN)c1cnn2ccccc12. The fourth-order valence-corrected chi connectivity index (χ4v) is 2.69. The molecule has 1 atom stereocenters. The van der Waals surface area contributed by atoms with Crippen molar-refractivity contribution in [2.45, 2.75) is 6.04 Å². The molecular weight excluding hydrogens is 310 g/mol. The predicted molar refractivity (Wildman–Crippen MR) is 73.1 cm³/mol. The molecule has 1 unspecified atom stereocenters. The molecule has 0 amide bonds. The fourth-order valence-electron chi connectivity index (χ4n) is 2.14. The number of aromatic nitrogens is 5. The Bertz CT molecular complexity index is 697. The summed E-state index contributed by atoms with van der Waals surface area (Å²) in [4.78, 5) is 0. The molecule has 0 aliphatic rings. The minimum atomic E-state index is -0.241. The molecule has 0 bridgehead atoms. The van der Waals surface area contributed by atoms with Crippen molar-refractivity contribution in [1.29, 1.82) is 0 Å². The van der Waals surface area contributed by atoms with E-state index in [0.717, 1.165) is 16.8 Å². The van der Waals surface area contributed by atoms with Crippen LogP contribution in [0.2, 0.25) is 0 Å². The number of halogens is 1. The Morgan fingerprint density at radius 3 is 2.95 bits per heavy atom. The smallest absolute Gasteiger partial charge is 0.153 e. The van der Waals surface area contributed by atoms with Crippen LogP contribution in [0.4, 0.5) is 0 Å². The van der Waals surface area contributed by atoms with Gasteiger partial charge in [0.25, 0.3) is 0 Å². The zero-order chi connectivity index (χ0) is 13.4. The maximum Gasteiger partial charge on any atom is 0.153 e. The molecule has 19 heavy (non-hydrogen) atoms. The molecule has 0 spiro atoms. The van der Waals surface area contributed by atoms with Crippen LogP contribution in [0.1, 0.15) is 17.3 Å². The Morgan fingerprint density at radius 2 is 2.26 bits per heavy atom. The van der Waals surface area contributed by atoms with E-state index in [1.165, 1.54) is 0 Å². The third-order valence-electron chi connectivity index (χ3n) is 3.03. The summed E-state index contributed by atoms with van der Waals surface area (Å²) in [6.07, 6.45) is 3.68. The molecule has 3 aromatic heterocycles. The summed E-state index contributed by atoms with van der Waals surface area (Å²) in [5, 5.41) is 12.3. The summed E-state index contributed by atoms with van der Waals surface area (Å²) in [5.74, 6) is 5.71. The van der Waals surface area contributed by atoms with E-state index in [9.17, 15) is 0 Å². The zero-order valence-electron chi connectivity index (χ0n) is 10.2. The van der Waals surface area contributed by atoms with Gasteiger partial charge in [-0.1, -0.05) is 11.3 Å². The zero-order valence-corrected chi connectivity index (χ0v) is 11.7. The number of rotatable bonds is 3. The largest absolute Gasteiger partial charge is 0.271 e. The molecule has 0 aliphatic carbocycles. The van der Waals surface area contributed by atoms with Gasteiger partial charge in [-0.05, 0) is 28.1 Å². The van der Waals surface area contributed by atoms with Crippen molar-refractivity contribution in [3.8, 4) is 0 Å². The summed E-state index contributed by atoms with van der Waals surface area (Å²) in [7, 11) is 1.82. The molecule has 0 saturated heterocycles. The summed E-state index contributed by atoms with van der Waals surface area (Å²) in [5.41, 5.74) is 5.60. The standard InChI is InChI=1S/C11H12BrN7/c1-18-10(11(12)16-17-18)9(15-13)7-6-14-19-5-3-2-4-8(7)19/h2-6,9,15H,13H2,1H3. The van der Waals surface area contributed by atoms with E-state index < -0.39 is 0 Å². The lowest BCUT2D eigenvalue weighted by molar-refractivity contribution is 0.571. The second kappa shape index (κ2) is 4.72. The van der Waals surface area contributed by atoms with Crippen LogP contribution in [-0.2, 0) is 7.05 Å². The Labute approximate surface area is 117 Å². The molecule has 3 N–H and O–H groups in total. The van der Waals surface area contributed by atoms with Gasteiger partial charge in [0.15, 0.2) is 4.60 Å². The van der Waals surface area contributed by atoms with Gasteiger partial charge in [0.2, 0.25) is 0 Å². The summed E-state index contributed by atoms with van der Waals surface area (Å²) < 4.78 is 4.14. The molecule has 0 aliphatic heterocycles. The van der Waals surface area contributed by atoms with E-state index in [1.807, 2.05) is 31.4 Å². The molecule has 3 aromatic rings. The molecule has 7 nitrogen and oxygen atoms in total. The highest BCUT2D eigenvalue weighted by Gasteiger charge is 2.23. The van der Waals surface area contributed by atoms with Gasteiger partial charge >= 0.3 is 0 Å². The highest BCUT2D eigenvalue weighted by atomic mass is 79.9. The van der Waals surface area contributed by atoms with Crippen LogP contribution >= 0.6 is 15.9 Å². The van der Waals surface area contributed by atoms with Crippen LogP contribution in [0.3, 0.4) is 0 Å². The minimum Gasteiger partial charge on any atom is -0.271 e. The van der Waals surface area contributed by atoms with E-state index >= 15 is 0 Å². The van der Waals surface area contributed by atoms with E-state index in [1.54, 1.807) is 15.4 Å². The average Bonchev–Trinajstić information content (AvgIpc) is 2.98. The van der Waals surface area contributed by atoms with E-state index in [0.29, 0.717) is 4.60 Å². The molecule has 0 fully saturated rings. The van der Waals surface area contributed by atoms with Gasteiger partial charge < -0.3 is 0 Å². The molecule has 0 radical (unpaired) electrons. The maximum absolute atomic E-state index is 5.71. The monoisotopic (exact) mass is 321 g/mol. The number of nitrogens with zero attached hydrogens (tertiary/aromatic N) is 5. The van der Waals surface area contributed by atoms with Crippen molar-refractivity contribution >= 4 is 21.4 Å². The van der Waals surface area contributed by atoms with Crippen LogP contribution in [-0.4, -0.2) is 24.6 Å². The fraction of sp³-hybridized carbons (Fsp3) is 0.182.